The summed E-state index contributed by atoms with van der Waals surface area (Å²) in [6.07, 6.45) is 0. The molecule has 0 atom stereocenters. The summed E-state index contributed by atoms with van der Waals surface area (Å²) in [5.74, 6) is 0. The molecule has 1 aromatic rings. The van der Waals surface area contributed by atoms with Gasteiger partial charge in [-0.05, 0) is 6.07 Å². The summed E-state index contributed by atoms with van der Waals surface area (Å²) in [7, 11) is 0. The summed E-state index contributed by atoms with van der Waals surface area (Å²) in [6.45, 7) is 0. The van der Waals surface area contributed by atoms with E-state index in [4.69, 9.17) is 0 Å². The molecule has 0 N–H and O–H groups in total. The third-order valence-corrected chi connectivity index (χ3v) is 0.607. The van der Waals surface area contributed by atoms with Crippen LogP contribution in [0.25, 0.3) is 0 Å². The van der Waals surface area contributed by atoms with E-state index < -0.39 is 0 Å². The Morgan fingerprint density at radius 3 is 1.38 bits per heavy atom. The van der Waals surface area contributed by atoms with Crippen LogP contribution in [-0.2, 0) is 55.3 Å². The molecular weight excluding hydrogens is 473 g/mol. The van der Waals surface area contributed by atoms with Gasteiger partial charge in [-0.1, -0.05) is 30.3 Å². The third kappa shape index (κ3) is 5.23. The number of rotatable bonds is 0. The van der Waals surface area contributed by atoms with Gasteiger partial charge < -0.3 is 0 Å². The van der Waals surface area contributed by atoms with Crippen LogP contribution in [0.4, 0.5) is 0 Å². The zero-order valence-electron chi connectivity index (χ0n) is 4.80. The smallest absolute Gasteiger partial charge is 0 e. The predicted molar refractivity (Wildman–Crippen MR) is 25.3 cm³/mol. The Bertz CT molecular complexity index is 78.5. The summed E-state index contributed by atoms with van der Waals surface area (Å²) < 4.78 is 0. The molecule has 33 valence electrons. The van der Waals surface area contributed by atoms with E-state index in [0.29, 0.717) is 0 Å². The van der Waals surface area contributed by atoms with Crippen molar-refractivity contribution in [1.82, 2.24) is 0 Å². The van der Waals surface area contributed by atoms with Gasteiger partial charge in [-0.15, -0.1) is 0 Å². The first kappa shape index (κ1) is 11.8. The molecule has 0 fully saturated rings. The van der Waals surface area contributed by atoms with Crippen LogP contribution < -0.4 is 0 Å². The Kier molecular flexibility index (Phi) is 12.0. The second-order valence-corrected chi connectivity index (χ2v) is 1.08. The topological polar surface area (TPSA) is 0 Å². The van der Waals surface area contributed by atoms with E-state index in [1.807, 2.05) is 30.3 Å². The van der Waals surface area contributed by atoms with Gasteiger partial charge in [0.25, 0.3) is 0 Å². The Labute approximate surface area is 90.7 Å². The van der Waals surface area contributed by atoms with Crippen molar-refractivity contribution in [2.24, 2.45) is 0 Å². The average Bonchev–Trinajstić information content (AvgIpc) is 1.72. The van der Waals surface area contributed by atoms with E-state index in [1.54, 1.807) is 0 Å². The maximum absolute atomic E-state index is 2.89. The Morgan fingerprint density at radius 2 is 1.25 bits per heavy atom. The summed E-state index contributed by atoms with van der Waals surface area (Å²) in [6, 6.07) is 12.5. The molecule has 0 saturated heterocycles. The molecule has 1 aromatic carbocycles. The molecular formula is C6H5Hg2. The fourth-order valence-corrected chi connectivity index (χ4v) is 0.342. The first-order valence-corrected chi connectivity index (χ1v) is 1.91. The molecule has 0 aliphatic carbocycles. The molecule has 0 nitrogen and oxygen atoms in total. The molecule has 0 saturated carbocycles. The molecule has 8 heavy (non-hydrogen) atoms. The van der Waals surface area contributed by atoms with Gasteiger partial charge >= 0.3 is 0 Å². The molecule has 0 aliphatic rings. The maximum atomic E-state index is 2.89. The molecule has 0 aliphatic heterocycles. The van der Waals surface area contributed by atoms with Gasteiger partial charge in [0.05, 0.1) is 0 Å². The molecule has 0 heterocycles. The summed E-state index contributed by atoms with van der Waals surface area (Å²) >= 11 is 0. The summed E-state index contributed by atoms with van der Waals surface area (Å²) in [4.78, 5) is 0. The van der Waals surface area contributed by atoms with E-state index >= 15 is 0 Å². The summed E-state index contributed by atoms with van der Waals surface area (Å²) in [5, 5.41) is 0. The van der Waals surface area contributed by atoms with Crippen LogP contribution in [0.2, 0.25) is 0 Å². The zero-order chi connectivity index (χ0) is 4.24. The molecule has 0 unspecified atom stereocenters. The van der Waals surface area contributed by atoms with Crippen molar-refractivity contribution in [2.45, 2.75) is 0 Å². The van der Waals surface area contributed by atoms with Gasteiger partial charge in [-0.25, -0.2) is 0 Å². The van der Waals surface area contributed by atoms with Crippen molar-refractivity contribution in [2.75, 3.05) is 0 Å². The van der Waals surface area contributed by atoms with Crippen LogP contribution in [0.15, 0.2) is 30.3 Å². The van der Waals surface area contributed by atoms with Gasteiger partial charge in [-0.3, -0.25) is 0 Å². The van der Waals surface area contributed by atoms with Crippen molar-refractivity contribution in [3.8, 4) is 0 Å². The van der Waals surface area contributed by atoms with Crippen molar-refractivity contribution < 1.29 is 55.3 Å². The Balaban J connectivity index is 0. The maximum Gasteiger partial charge on any atom is 0 e. The second-order valence-electron chi connectivity index (χ2n) is 1.08. The fraction of sp³-hybridized carbons (Fsp3) is 0. The minimum Gasteiger partial charge on any atom is -0.0622 e. The fourth-order valence-electron chi connectivity index (χ4n) is 0.342. The average molecular weight is 478 g/mol. The summed E-state index contributed by atoms with van der Waals surface area (Å²) in [5.41, 5.74) is 0. The first-order valence-electron chi connectivity index (χ1n) is 1.91. The van der Waals surface area contributed by atoms with Crippen molar-refractivity contribution in [3.63, 3.8) is 0 Å². The SMILES string of the molecule is [Hg].[Hg].[c]1ccccc1. The monoisotopic (exact) mass is 481 g/mol. The van der Waals surface area contributed by atoms with E-state index in [-0.39, 0.29) is 55.3 Å². The number of benzene rings is 1. The van der Waals surface area contributed by atoms with Crippen molar-refractivity contribution in [1.29, 1.82) is 0 Å². The van der Waals surface area contributed by atoms with Crippen LogP contribution >= 0.6 is 0 Å². The predicted octanol–water partition coefficient (Wildman–Crippen LogP) is 1.48. The minimum atomic E-state index is 0. The van der Waals surface area contributed by atoms with E-state index in [9.17, 15) is 0 Å². The molecule has 1 rings (SSSR count). The molecule has 2 heteroatoms. The molecule has 0 spiro atoms. The molecule has 0 aromatic heterocycles. The van der Waals surface area contributed by atoms with Crippen LogP contribution in [0.5, 0.6) is 0 Å². The number of hydrogen-bond donors (Lipinski definition) is 0. The Morgan fingerprint density at radius 1 is 0.750 bits per heavy atom. The van der Waals surface area contributed by atoms with Gasteiger partial charge in [0.2, 0.25) is 0 Å². The standard InChI is InChI=1S/C6H5.2Hg/c1-2-4-6-5-3-1;;/h1-5H;;. The largest absolute Gasteiger partial charge is 0.0622 e. The second kappa shape index (κ2) is 8.09. The minimum absolute atomic E-state index is 0. The Hall–Kier alpha value is 1.09. The van der Waals surface area contributed by atoms with Crippen molar-refractivity contribution in [3.05, 3.63) is 36.4 Å². The number of hydrogen-bond acceptors (Lipinski definition) is 0. The van der Waals surface area contributed by atoms with Gasteiger partial charge in [0.1, 0.15) is 0 Å². The van der Waals surface area contributed by atoms with Crippen molar-refractivity contribution >= 4 is 0 Å². The first-order chi connectivity index (χ1) is 3.00. The normalized spacial score (nSPS) is 6.00. The van der Waals surface area contributed by atoms with E-state index in [1.165, 1.54) is 0 Å². The van der Waals surface area contributed by atoms with Crippen LogP contribution in [0, 0.1) is 6.07 Å². The van der Waals surface area contributed by atoms with Crippen LogP contribution in [-0.4, -0.2) is 0 Å². The van der Waals surface area contributed by atoms with Gasteiger partial charge in [-0.2, -0.15) is 0 Å². The molecule has 1 radical (unpaired) electrons. The van der Waals surface area contributed by atoms with Gasteiger partial charge in [0, 0.05) is 55.3 Å². The zero-order valence-corrected chi connectivity index (χ0v) is 15.8. The molecule has 0 bridgehead atoms. The third-order valence-electron chi connectivity index (χ3n) is 0.607. The quantitative estimate of drug-likeness (QED) is 0.496. The molecule has 0 amide bonds. The van der Waals surface area contributed by atoms with Gasteiger partial charge in [0.15, 0.2) is 0 Å². The van der Waals surface area contributed by atoms with Crippen LogP contribution in [0.3, 0.4) is 0 Å². The van der Waals surface area contributed by atoms with Crippen LogP contribution in [0.1, 0.15) is 0 Å². The van der Waals surface area contributed by atoms with E-state index in [2.05, 4.69) is 6.07 Å². The van der Waals surface area contributed by atoms with E-state index in [0.717, 1.165) is 0 Å².